The van der Waals surface area contributed by atoms with Crippen molar-refractivity contribution in [2.24, 2.45) is 0 Å². The number of nitrogens with one attached hydrogen (secondary N) is 1. The molecule has 0 saturated heterocycles. The molecule has 4 nitrogen and oxygen atoms in total. The van der Waals surface area contributed by atoms with Crippen molar-refractivity contribution in [3.63, 3.8) is 0 Å². The van der Waals surface area contributed by atoms with E-state index >= 15 is 0 Å². The van der Waals surface area contributed by atoms with Crippen molar-refractivity contribution in [1.82, 2.24) is 9.97 Å². The molecule has 0 amide bonds. The van der Waals surface area contributed by atoms with Crippen molar-refractivity contribution in [2.45, 2.75) is 6.92 Å². The van der Waals surface area contributed by atoms with Gasteiger partial charge in [0.05, 0.1) is 24.7 Å². The van der Waals surface area contributed by atoms with Gasteiger partial charge in [0, 0.05) is 0 Å². The minimum Gasteiger partial charge on any atom is -0.494 e. The third kappa shape index (κ3) is 2.28. The van der Waals surface area contributed by atoms with Crippen molar-refractivity contribution in [1.29, 1.82) is 0 Å². The van der Waals surface area contributed by atoms with Crippen LogP contribution in [0.4, 0.5) is 0 Å². The van der Waals surface area contributed by atoms with Gasteiger partial charge in [-0.3, -0.25) is 9.78 Å². The maximum atomic E-state index is 11.1. The van der Waals surface area contributed by atoms with Crippen molar-refractivity contribution < 1.29 is 4.74 Å². The van der Waals surface area contributed by atoms with E-state index in [4.69, 9.17) is 4.74 Å². The second kappa shape index (κ2) is 4.61. The molecule has 0 spiro atoms. The van der Waals surface area contributed by atoms with Gasteiger partial charge in [-0.1, -0.05) is 0 Å². The highest BCUT2D eigenvalue weighted by molar-refractivity contribution is 5.58. The van der Waals surface area contributed by atoms with E-state index in [1.165, 1.54) is 6.20 Å². The molecule has 0 aliphatic rings. The van der Waals surface area contributed by atoms with E-state index in [9.17, 15) is 4.79 Å². The number of rotatable bonds is 3. The van der Waals surface area contributed by atoms with Gasteiger partial charge in [-0.05, 0) is 36.8 Å². The quantitative estimate of drug-likeness (QED) is 0.851. The molecule has 0 unspecified atom stereocenters. The molecule has 16 heavy (non-hydrogen) atoms. The van der Waals surface area contributed by atoms with E-state index in [0.29, 0.717) is 12.3 Å². The Kier molecular flexibility index (Phi) is 3.00. The zero-order valence-corrected chi connectivity index (χ0v) is 8.93. The fourth-order valence-corrected chi connectivity index (χ4v) is 1.42. The van der Waals surface area contributed by atoms with Crippen LogP contribution >= 0.6 is 0 Å². The molecule has 0 radical (unpaired) electrons. The molecule has 4 heteroatoms. The summed E-state index contributed by atoms with van der Waals surface area (Å²) in [5.74, 6) is 0.817. The van der Waals surface area contributed by atoms with Crippen LogP contribution in [-0.4, -0.2) is 16.6 Å². The van der Waals surface area contributed by atoms with Crippen LogP contribution in [0.2, 0.25) is 0 Å². The molecule has 0 atom stereocenters. The second-order valence-corrected chi connectivity index (χ2v) is 3.27. The second-order valence-electron chi connectivity index (χ2n) is 3.27. The van der Waals surface area contributed by atoms with Gasteiger partial charge in [0.25, 0.3) is 5.56 Å². The first kappa shape index (κ1) is 10.4. The van der Waals surface area contributed by atoms with Gasteiger partial charge in [-0.15, -0.1) is 0 Å². The number of hydrogen-bond acceptors (Lipinski definition) is 3. The Morgan fingerprint density at radius 1 is 1.25 bits per heavy atom. The summed E-state index contributed by atoms with van der Waals surface area (Å²) in [6, 6.07) is 7.50. The maximum Gasteiger partial charge on any atom is 0.266 e. The summed E-state index contributed by atoms with van der Waals surface area (Å²) in [6.45, 7) is 2.58. The van der Waals surface area contributed by atoms with Crippen LogP contribution in [0.3, 0.4) is 0 Å². The van der Waals surface area contributed by atoms with Gasteiger partial charge in [-0.25, -0.2) is 0 Å². The molecule has 0 saturated carbocycles. The van der Waals surface area contributed by atoms with Crippen LogP contribution in [0.15, 0.2) is 41.5 Å². The lowest BCUT2D eigenvalue weighted by Gasteiger charge is -2.04. The largest absolute Gasteiger partial charge is 0.494 e. The normalized spacial score (nSPS) is 10.1. The van der Waals surface area contributed by atoms with E-state index in [1.807, 2.05) is 31.2 Å². The summed E-state index contributed by atoms with van der Waals surface area (Å²) in [5.41, 5.74) is 1.41. The molecule has 1 aromatic carbocycles. The monoisotopic (exact) mass is 216 g/mol. The molecule has 1 heterocycles. The summed E-state index contributed by atoms with van der Waals surface area (Å²) in [4.78, 5) is 17.7. The lowest BCUT2D eigenvalue weighted by atomic mass is 10.1. The van der Waals surface area contributed by atoms with Gasteiger partial charge in [0.2, 0.25) is 0 Å². The van der Waals surface area contributed by atoms with Crippen molar-refractivity contribution >= 4 is 0 Å². The van der Waals surface area contributed by atoms with Crippen LogP contribution < -0.4 is 10.3 Å². The average molecular weight is 216 g/mol. The first-order valence-corrected chi connectivity index (χ1v) is 5.07. The summed E-state index contributed by atoms with van der Waals surface area (Å²) in [5, 5.41) is 0. The number of aromatic nitrogens is 2. The van der Waals surface area contributed by atoms with Gasteiger partial charge < -0.3 is 9.72 Å². The molecule has 1 aromatic heterocycles. The molecule has 2 rings (SSSR count). The molecular formula is C12H12N2O2. The Labute approximate surface area is 92.9 Å². The number of aromatic amines is 1. The summed E-state index contributed by atoms with van der Waals surface area (Å²) >= 11 is 0. The van der Waals surface area contributed by atoms with Crippen LogP contribution in [0.1, 0.15) is 6.92 Å². The number of benzene rings is 1. The lowest BCUT2D eigenvalue weighted by Crippen LogP contribution is -2.05. The highest BCUT2D eigenvalue weighted by atomic mass is 16.5. The zero-order chi connectivity index (χ0) is 11.4. The third-order valence-electron chi connectivity index (χ3n) is 2.13. The molecule has 82 valence electrons. The Balaban J connectivity index is 2.31. The Morgan fingerprint density at radius 2 is 2.00 bits per heavy atom. The average Bonchev–Trinajstić information content (AvgIpc) is 2.30. The Bertz CT molecular complexity index is 517. The SMILES string of the molecule is CCOc1ccc(-c2cncc(=O)[nH]2)cc1. The summed E-state index contributed by atoms with van der Waals surface area (Å²) in [7, 11) is 0. The van der Waals surface area contributed by atoms with Crippen molar-refractivity contribution in [3.8, 4) is 17.0 Å². The van der Waals surface area contributed by atoms with Crippen molar-refractivity contribution in [2.75, 3.05) is 6.61 Å². The number of nitrogens with zero attached hydrogens (tertiary/aromatic N) is 1. The lowest BCUT2D eigenvalue weighted by molar-refractivity contribution is 0.340. The van der Waals surface area contributed by atoms with E-state index in [0.717, 1.165) is 11.3 Å². The molecule has 0 bridgehead atoms. The van der Waals surface area contributed by atoms with Crippen LogP contribution in [0.5, 0.6) is 5.75 Å². The third-order valence-corrected chi connectivity index (χ3v) is 2.13. The Hall–Kier alpha value is -2.10. The minimum atomic E-state index is -0.202. The number of H-pyrrole nitrogens is 1. The van der Waals surface area contributed by atoms with Gasteiger partial charge in [0.15, 0.2) is 0 Å². The minimum absolute atomic E-state index is 0.202. The van der Waals surface area contributed by atoms with E-state index in [-0.39, 0.29) is 5.56 Å². The maximum absolute atomic E-state index is 11.1. The zero-order valence-electron chi connectivity index (χ0n) is 8.93. The topological polar surface area (TPSA) is 55.0 Å². The smallest absolute Gasteiger partial charge is 0.266 e. The number of ether oxygens (including phenoxy) is 1. The van der Waals surface area contributed by atoms with Crippen LogP contribution in [0, 0.1) is 0 Å². The molecular weight excluding hydrogens is 204 g/mol. The highest BCUT2D eigenvalue weighted by Gasteiger charge is 1.99. The summed E-state index contributed by atoms with van der Waals surface area (Å²) in [6.07, 6.45) is 2.87. The molecule has 0 aliphatic heterocycles. The fourth-order valence-electron chi connectivity index (χ4n) is 1.42. The molecule has 0 aliphatic carbocycles. The van der Waals surface area contributed by atoms with Gasteiger partial charge in [-0.2, -0.15) is 0 Å². The first-order chi connectivity index (χ1) is 7.79. The van der Waals surface area contributed by atoms with Crippen molar-refractivity contribution in [3.05, 3.63) is 47.0 Å². The van der Waals surface area contributed by atoms with Gasteiger partial charge in [0.1, 0.15) is 5.75 Å². The summed E-state index contributed by atoms with van der Waals surface area (Å²) < 4.78 is 5.33. The van der Waals surface area contributed by atoms with Gasteiger partial charge >= 0.3 is 0 Å². The van der Waals surface area contributed by atoms with Crippen LogP contribution in [-0.2, 0) is 0 Å². The molecule has 2 aromatic rings. The fraction of sp³-hybridized carbons (Fsp3) is 0.167. The molecule has 0 fully saturated rings. The standard InChI is InChI=1S/C12H12N2O2/c1-2-16-10-5-3-9(4-6-10)11-7-13-8-12(15)14-11/h3-8H,2H2,1H3,(H,14,15). The number of hydrogen-bond donors (Lipinski definition) is 1. The molecule has 1 N–H and O–H groups in total. The van der Waals surface area contributed by atoms with E-state index in [2.05, 4.69) is 9.97 Å². The first-order valence-electron chi connectivity index (χ1n) is 5.07. The Morgan fingerprint density at radius 3 is 2.62 bits per heavy atom. The van der Waals surface area contributed by atoms with E-state index < -0.39 is 0 Å². The van der Waals surface area contributed by atoms with E-state index in [1.54, 1.807) is 6.20 Å². The predicted molar refractivity (Wildman–Crippen MR) is 61.5 cm³/mol. The highest BCUT2D eigenvalue weighted by Crippen LogP contribution is 2.19. The predicted octanol–water partition coefficient (Wildman–Crippen LogP) is 1.84. The van der Waals surface area contributed by atoms with Crippen LogP contribution in [0.25, 0.3) is 11.3 Å².